The molecule has 1 aromatic carbocycles. The first-order chi connectivity index (χ1) is 7.70. The summed E-state index contributed by atoms with van der Waals surface area (Å²) in [7, 11) is 0. The van der Waals surface area contributed by atoms with E-state index in [4.69, 9.17) is 17.3 Å². The molecule has 0 aromatic heterocycles. The monoisotopic (exact) mass is 239 g/mol. The Labute approximate surface area is 100 Å². The third-order valence-corrected chi connectivity index (χ3v) is 3.37. The predicted octanol–water partition coefficient (Wildman–Crippen LogP) is 3.98. The van der Waals surface area contributed by atoms with Crippen LogP contribution in [0.4, 0.5) is 4.39 Å². The Morgan fingerprint density at radius 3 is 2.75 bits per heavy atom. The van der Waals surface area contributed by atoms with Crippen LogP contribution in [0.2, 0.25) is 5.02 Å². The van der Waals surface area contributed by atoms with Gasteiger partial charge < -0.3 is 5.73 Å². The molecule has 2 rings (SSSR count). The second-order valence-electron chi connectivity index (χ2n) is 4.14. The summed E-state index contributed by atoms with van der Waals surface area (Å²) < 4.78 is 13.7. The number of halogens is 2. The maximum absolute atomic E-state index is 13.7. The lowest BCUT2D eigenvalue weighted by molar-refractivity contribution is 0.582. The molecular weight excluding hydrogens is 225 g/mol. The molecule has 1 aliphatic rings. The van der Waals surface area contributed by atoms with Gasteiger partial charge in [0.25, 0.3) is 0 Å². The number of allylic oxidation sites excluding steroid dienone is 1. The van der Waals surface area contributed by atoms with Crippen LogP contribution in [0.3, 0.4) is 0 Å². The molecule has 16 heavy (non-hydrogen) atoms. The van der Waals surface area contributed by atoms with Gasteiger partial charge in [-0.05, 0) is 37.8 Å². The van der Waals surface area contributed by atoms with E-state index in [1.54, 1.807) is 12.1 Å². The smallest absolute Gasteiger partial charge is 0.129 e. The first-order valence-corrected chi connectivity index (χ1v) is 5.96. The van der Waals surface area contributed by atoms with Gasteiger partial charge in [0.1, 0.15) is 5.82 Å². The number of hydrogen-bond donors (Lipinski definition) is 1. The topological polar surface area (TPSA) is 26.0 Å². The molecule has 3 heteroatoms. The Morgan fingerprint density at radius 2 is 2.12 bits per heavy atom. The first kappa shape index (κ1) is 11.6. The molecule has 1 unspecified atom stereocenters. The van der Waals surface area contributed by atoms with Crippen molar-refractivity contribution in [3.63, 3.8) is 0 Å². The minimum Gasteiger partial charge on any atom is -0.320 e. The molecule has 0 saturated heterocycles. The molecule has 0 saturated carbocycles. The predicted molar refractivity (Wildman–Crippen MR) is 64.9 cm³/mol. The highest BCUT2D eigenvalue weighted by Crippen LogP contribution is 2.33. The van der Waals surface area contributed by atoms with Crippen LogP contribution in [-0.2, 0) is 0 Å². The molecule has 0 amide bonds. The average Bonchev–Trinajstić information content (AvgIpc) is 2.30. The second kappa shape index (κ2) is 4.98. The Hall–Kier alpha value is -0.860. The zero-order valence-electron chi connectivity index (χ0n) is 9.05. The van der Waals surface area contributed by atoms with Crippen LogP contribution in [-0.4, -0.2) is 0 Å². The second-order valence-corrected chi connectivity index (χ2v) is 4.55. The average molecular weight is 240 g/mol. The van der Waals surface area contributed by atoms with Crippen LogP contribution in [0.5, 0.6) is 0 Å². The molecule has 0 fully saturated rings. The highest BCUT2D eigenvalue weighted by Gasteiger charge is 2.19. The Balaban J connectivity index is 2.33. The van der Waals surface area contributed by atoms with Gasteiger partial charge in [-0.3, -0.25) is 0 Å². The number of hydrogen-bond acceptors (Lipinski definition) is 1. The summed E-state index contributed by atoms with van der Waals surface area (Å²) in [6, 6.07) is 4.30. The van der Waals surface area contributed by atoms with E-state index >= 15 is 0 Å². The van der Waals surface area contributed by atoms with E-state index in [2.05, 4.69) is 6.08 Å². The summed E-state index contributed by atoms with van der Waals surface area (Å²) in [5, 5.41) is 0.416. The molecular formula is C13H15ClFN. The van der Waals surface area contributed by atoms with Gasteiger partial charge in [0.05, 0.1) is 6.04 Å². The standard InChI is InChI=1S/C13H15ClFN/c14-10-7-4-8-11(15)12(10)13(16)9-5-2-1-3-6-9/h4-5,7-8,13H,1-3,6,16H2. The van der Waals surface area contributed by atoms with Gasteiger partial charge in [-0.25, -0.2) is 4.39 Å². The van der Waals surface area contributed by atoms with Crippen molar-refractivity contribution in [2.45, 2.75) is 31.7 Å². The third-order valence-electron chi connectivity index (χ3n) is 3.04. The molecule has 0 radical (unpaired) electrons. The zero-order valence-corrected chi connectivity index (χ0v) is 9.80. The fourth-order valence-electron chi connectivity index (χ4n) is 2.14. The first-order valence-electron chi connectivity index (χ1n) is 5.58. The molecule has 0 heterocycles. The Kier molecular flexibility index (Phi) is 3.62. The Bertz CT molecular complexity index is 394. The number of benzene rings is 1. The van der Waals surface area contributed by atoms with E-state index in [1.807, 2.05) is 0 Å². The van der Waals surface area contributed by atoms with E-state index in [0.29, 0.717) is 10.6 Å². The highest BCUT2D eigenvalue weighted by atomic mass is 35.5. The van der Waals surface area contributed by atoms with E-state index < -0.39 is 6.04 Å². The molecule has 0 spiro atoms. The lowest BCUT2D eigenvalue weighted by Gasteiger charge is -2.21. The van der Waals surface area contributed by atoms with Crippen molar-refractivity contribution in [3.05, 3.63) is 46.3 Å². The number of rotatable bonds is 2. The largest absolute Gasteiger partial charge is 0.320 e. The molecule has 86 valence electrons. The summed E-state index contributed by atoms with van der Waals surface area (Å²) in [6.45, 7) is 0. The van der Waals surface area contributed by atoms with E-state index in [9.17, 15) is 4.39 Å². The van der Waals surface area contributed by atoms with Crippen LogP contribution in [0, 0.1) is 5.82 Å². The number of nitrogens with two attached hydrogens (primary N) is 1. The molecule has 2 N–H and O–H groups in total. The maximum Gasteiger partial charge on any atom is 0.129 e. The summed E-state index contributed by atoms with van der Waals surface area (Å²) in [5.41, 5.74) is 7.62. The van der Waals surface area contributed by atoms with Gasteiger partial charge in [-0.2, -0.15) is 0 Å². The lowest BCUT2D eigenvalue weighted by atomic mass is 9.90. The van der Waals surface area contributed by atoms with Crippen LogP contribution >= 0.6 is 11.6 Å². The third kappa shape index (κ3) is 2.28. The summed E-state index contributed by atoms with van der Waals surface area (Å²) >= 11 is 6.00. The van der Waals surface area contributed by atoms with Gasteiger partial charge in [-0.15, -0.1) is 0 Å². The highest BCUT2D eigenvalue weighted by molar-refractivity contribution is 6.31. The SMILES string of the molecule is NC(C1=CCCCC1)c1c(F)cccc1Cl. The normalized spacial score (nSPS) is 18.1. The van der Waals surface area contributed by atoms with Crippen molar-refractivity contribution in [1.29, 1.82) is 0 Å². The van der Waals surface area contributed by atoms with E-state index in [0.717, 1.165) is 24.8 Å². The minimum atomic E-state index is -0.394. The van der Waals surface area contributed by atoms with Crippen molar-refractivity contribution in [2.75, 3.05) is 0 Å². The van der Waals surface area contributed by atoms with Crippen molar-refractivity contribution >= 4 is 11.6 Å². The summed E-state index contributed by atoms with van der Waals surface area (Å²) in [6.07, 6.45) is 6.44. The van der Waals surface area contributed by atoms with Crippen LogP contribution in [0.1, 0.15) is 37.3 Å². The molecule has 1 aliphatic carbocycles. The molecule has 1 atom stereocenters. The molecule has 1 aromatic rings. The van der Waals surface area contributed by atoms with Gasteiger partial charge >= 0.3 is 0 Å². The van der Waals surface area contributed by atoms with Gasteiger partial charge in [0, 0.05) is 10.6 Å². The van der Waals surface area contributed by atoms with Crippen molar-refractivity contribution in [1.82, 2.24) is 0 Å². The van der Waals surface area contributed by atoms with Crippen molar-refractivity contribution in [3.8, 4) is 0 Å². The Morgan fingerprint density at radius 1 is 1.31 bits per heavy atom. The summed E-state index contributed by atoms with van der Waals surface area (Å²) in [5.74, 6) is -0.313. The quantitative estimate of drug-likeness (QED) is 0.777. The van der Waals surface area contributed by atoms with Crippen molar-refractivity contribution < 1.29 is 4.39 Å². The molecule has 0 bridgehead atoms. The van der Waals surface area contributed by atoms with Crippen LogP contribution in [0.25, 0.3) is 0 Å². The minimum absolute atomic E-state index is 0.313. The van der Waals surface area contributed by atoms with Gasteiger partial charge in [0.2, 0.25) is 0 Å². The summed E-state index contributed by atoms with van der Waals surface area (Å²) in [4.78, 5) is 0. The molecule has 0 aliphatic heterocycles. The molecule has 1 nitrogen and oxygen atoms in total. The maximum atomic E-state index is 13.7. The van der Waals surface area contributed by atoms with Crippen molar-refractivity contribution in [2.24, 2.45) is 5.73 Å². The fraction of sp³-hybridized carbons (Fsp3) is 0.385. The lowest BCUT2D eigenvalue weighted by Crippen LogP contribution is -2.16. The fourth-order valence-corrected chi connectivity index (χ4v) is 2.42. The van der Waals surface area contributed by atoms with Crippen LogP contribution < -0.4 is 5.73 Å². The van der Waals surface area contributed by atoms with Gasteiger partial charge in [0.15, 0.2) is 0 Å². The van der Waals surface area contributed by atoms with Gasteiger partial charge in [-0.1, -0.05) is 29.3 Å². The zero-order chi connectivity index (χ0) is 11.5. The van der Waals surface area contributed by atoms with E-state index in [-0.39, 0.29) is 5.82 Å². The van der Waals surface area contributed by atoms with Crippen LogP contribution in [0.15, 0.2) is 29.8 Å². The van der Waals surface area contributed by atoms with E-state index in [1.165, 1.54) is 12.5 Å².